The molecule has 1 aromatic heterocycles. The summed E-state index contributed by atoms with van der Waals surface area (Å²) in [5.41, 5.74) is 2.14. The van der Waals surface area contributed by atoms with E-state index < -0.39 is 18.3 Å². The summed E-state index contributed by atoms with van der Waals surface area (Å²) in [6.07, 6.45) is -2.80. The fourth-order valence-corrected chi connectivity index (χ4v) is 5.04. The quantitative estimate of drug-likeness (QED) is 0.429. The van der Waals surface area contributed by atoms with Crippen LogP contribution in [0.15, 0.2) is 48.5 Å². The van der Waals surface area contributed by atoms with Crippen molar-refractivity contribution in [1.82, 2.24) is 20.4 Å². The predicted molar refractivity (Wildman–Crippen MR) is 137 cm³/mol. The van der Waals surface area contributed by atoms with E-state index in [-0.39, 0.29) is 24.2 Å². The van der Waals surface area contributed by atoms with Crippen molar-refractivity contribution < 1.29 is 27.4 Å². The Hall–Kier alpha value is -3.73. The van der Waals surface area contributed by atoms with Gasteiger partial charge in [-0.15, -0.1) is 0 Å². The molecule has 202 valence electrons. The lowest BCUT2D eigenvalue weighted by Gasteiger charge is -2.33. The van der Waals surface area contributed by atoms with E-state index in [0.29, 0.717) is 33.9 Å². The number of amides is 1. The van der Waals surface area contributed by atoms with Crippen LogP contribution in [0.2, 0.25) is 0 Å². The number of alkyl halides is 3. The van der Waals surface area contributed by atoms with Crippen molar-refractivity contribution in [1.29, 1.82) is 0 Å². The number of anilines is 1. The zero-order valence-electron chi connectivity index (χ0n) is 21.1. The van der Waals surface area contributed by atoms with Crippen LogP contribution in [0.3, 0.4) is 0 Å². The van der Waals surface area contributed by atoms with Crippen LogP contribution >= 0.6 is 0 Å². The number of benzene rings is 2. The molecule has 1 amide bonds. The van der Waals surface area contributed by atoms with Crippen molar-refractivity contribution in [3.8, 4) is 22.8 Å². The second kappa shape index (κ2) is 10.6. The largest absolute Gasteiger partial charge is 0.493 e. The molecule has 2 aliphatic heterocycles. The summed E-state index contributed by atoms with van der Waals surface area (Å²) in [7, 11) is 2.99. The highest BCUT2D eigenvalue weighted by Gasteiger charge is 2.46. The number of piperidine rings is 1. The summed E-state index contributed by atoms with van der Waals surface area (Å²) in [6, 6.07) is 11.1. The minimum atomic E-state index is -4.50. The number of ether oxygens (including phenoxy) is 2. The molecule has 8 nitrogen and oxygen atoms in total. The maximum atomic E-state index is 14.1. The molecule has 0 radical (unpaired) electrons. The molecular weight excluding hydrogens is 499 g/mol. The van der Waals surface area contributed by atoms with E-state index in [9.17, 15) is 18.0 Å². The van der Waals surface area contributed by atoms with Crippen molar-refractivity contribution >= 4 is 11.7 Å². The van der Waals surface area contributed by atoms with Crippen molar-refractivity contribution in [2.75, 3.05) is 32.6 Å². The van der Waals surface area contributed by atoms with Gasteiger partial charge in [0.15, 0.2) is 17.5 Å². The predicted octanol–water partition coefficient (Wildman–Crippen LogP) is 4.71. The van der Waals surface area contributed by atoms with Crippen LogP contribution in [0.4, 0.5) is 19.0 Å². The van der Waals surface area contributed by atoms with E-state index in [0.717, 1.165) is 30.6 Å². The number of nitrogens with zero attached hydrogens (tertiary/aromatic N) is 2. The maximum Gasteiger partial charge on any atom is 0.410 e. The molecule has 2 aromatic carbocycles. The van der Waals surface area contributed by atoms with Crippen molar-refractivity contribution in [3.63, 3.8) is 0 Å². The Bertz CT molecular complexity index is 1290. The summed E-state index contributed by atoms with van der Waals surface area (Å²) in [5, 5.41) is 13.8. The van der Waals surface area contributed by atoms with E-state index in [1.807, 2.05) is 0 Å². The Kier molecular flexibility index (Phi) is 7.20. The van der Waals surface area contributed by atoms with Crippen LogP contribution in [0.5, 0.6) is 11.5 Å². The number of nitrogens with one attached hydrogen (secondary N) is 3. The Morgan fingerprint density at radius 3 is 2.50 bits per heavy atom. The summed E-state index contributed by atoms with van der Waals surface area (Å²) < 4.78 is 54.0. The number of fused-ring (bicyclic) bond motifs is 1. The number of methoxy groups -OCH3 is 2. The molecule has 3 N–H and O–H groups in total. The van der Waals surface area contributed by atoms with Crippen LogP contribution < -0.4 is 25.4 Å². The monoisotopic (exact) mass is 529 g/mol. The third kappa shape index (κ3) is 5.28. The fraction of sp³-hybridized carbons (Fsp3) is 0.407. The Morgan fingerprint density at radius 1 is 1.08 bits per heavy atom. The number of carbonyl (C=O) groups is 1. The van der Waals surface area contributed by atoms with E-state index in [1.165, 1.54) is 14.2 Å². The van der Waals surface area contributed by atoms with Gasteiger partial charge in [0.1, 0.15) is 5.82 Å². The van der Waals surface area contributed by atoms with Gasteiger partial charge in [-0.3, -0.25) is 4.79 Å². The van der Waals surface area contributed by atoms with Gasteiger partial charge in [-0.2, -0.15) is 18.3 Å². The average Bonchev–Trinajstić information content (AvgIpc) is 3.36. The van der Waals surface area contributed by atoms with Gasteiger partial charge >= 0.3 is 6.18 Å². The highest BCUT2D eigenvalue weighted by molar-refractivity contribution is 5.94. The maximum absolute atomic E-state index is 14.1. The summed E-state index contributed by atoms with van der Waals surface area (Å²) in [5.74, 6) is 1.03. The minimum Gasteiger partial charge on any atom is -0.493 e. The minimum absolute atomic E-state index is 0.0831. The molecular formula is C27H30F3N5O3. The summed E-state index contributed by atoms with van der Waals surface area (Å²) in [6.45, 7) is 1.69. The summed E-state index contributed by atoms with van der Waals surface area (Å²) >= 11 is 0. The van der Waals surface area contributed by atoms with Crippen LogP contribution in [-0.4, -0.2) is 55.2 Å². The average molecular weight is 530 g/mol. The first-order chi connectivity index (χ1) is 18.3. The normalized spacial score (nSPS) is 21.2. The Balaban J connectivity index is 1.39. The Labute approximate surface area is 218 Å². The SMILES string of the molecule is COc1ccc(C2CC(C(F)(F)F)n3nc(-c4ccc(C(=O)N[C@H]5CCCNC5)cc4)cc3N2)cc1OC. The van der Waals surface area contributed by atoms with E-state index in [4.69, 9.17) is 9.47 Å². The van der Waals surface area contributed by atoms with Gasteiger partial charge in [-0.25, -0.2) is 4.68 Å². The highest BCUT2D eigenvalue weighted by Crippen LogP contribution is 2.45. The zero-order valence-corrected chi connectivity index (χ0v) is 21.1. The molecule has 38 heavy (non-hydrogen) atoms. The van der Waals surface area contributed by atoms with Crippen LogP contribution in [0.25, 0.3) is 11.3 Å². The lowest BCUT2D eigenvalue weighted by Crippen LogP contribution is -2.45. The smallest absolute Gasteiger partial charge is 0.410 e. The second-order valence-corrected chi connectivity index (χ2v) is 9.56. The first-order valence-electron chi connectivity index (χ1n) is 12.5. The third-order valence-electron chi connectivity index (χ3n) is 7.07. The zero-order chi connectivity index (χ0) is 26.9. The van der Waals surface area contributed by atoms with Gasteiger partial charge < -0.3 is 25.4 Å². The van der Waals surface area contributed by atoms with Gasteiger partial charge in [0.05, 0.1) is 26.0 Å². The molecule has 2 unspecified atom stereocenters. The Morgan fingerprint density at radius 2 is 1.84 bits per heavy atom. The molecule has 1 saturated heterocycles. The van der Waals surface area contributed by atoms with Crippen molar-refractivity contribution in [2.24, 2.45) is 0 Å². The first-order valence-corrected chi connectivity index (χ1v) is 12.5. The molecule has 0 bridgehead atoms. The molecule has 0 saturated carbocycles. The van der Waals surface area contributed by atoms with Gasteiger partial charge in [-0.05, 0) is 49.2 Å². The van der Waals surface area contributed by atoms with Crippen LogP contribution in [-0.2, 0) is 0 Å². The second-order valence-electron chi connectivity index (χ2n) is 9.56. The number of hydrogen-bond donors (Lipinski definition) is 3. The number of aromatic nitrogens is 2. The fourth-order valence-electron chi connectivity index (χ4n) is 5.04. The van der Waals surface area contributed by atoms with Crippen molar-refractivity contribution in [2.45, 2.75) is 43.6 Å². The van der Waals surface area contributed by atoms with Gasteiger partial charge in [-0.1, -0.05) is 18.2 Å². The molecule has 5 rings (SSSR count). The molecule has 1 fully saturated rings. The van der Waals surface area contributed by atoms with Crippen molar-refractivity contribution in [3.05, 3.63) is 59.7 Å². The number of halogens is 3. The molecule has 3 heterocycles. The highest BCUT2D eigenvalue weighted by atomic mass is 19.4. The standard InChI is InChI=1S/C27H30F3N5O3/c1-37-22-10-9-18(12-23(22)38-2)20-13-24(27(28,29)30)35-25(33-20)14-21(34-35)16-5-7-17(8-6-16)26(36)32-19-4-3-11-31-15-19/h5-10,12,14,19-20,24,31,33H,3-4,11,13,15H2,1-2H3,(H,32,36)/t19-,20?,24?/m0/s1. The summed E-state index contributed by atoms with van der Waals surface area (Å²) in [4.78, 5) is 12.6. The lowest BCUT2D eigenvalue weighted by molar-refractivity contribution is -0.173. The lowest BCUT2D eigenvalue weighted by atomic mass is 9.96. The molecule has 0 spiro atoms. The van der Waals surface area contributed by atoms with Gasteiger partial charge in [0.2, 0.25) is 0 Å². The van der Waals surface area contributed by atoms with Gasteiger partial charge in [0, 0.05) is 36.2 Å². The number of rotatable bonds is 6. The number of hydrogen-bond acceptors (Lipinski definition) is 6. The first kappa shape index (κ1) is 25.9. The third-order valence-corrected chi connectivity index (χ3v) is 7.07. The van der Waals surface area contributed by atoms with E-state index in [1.54, 1.807) is 48.5 Å². The van der Waals surface area contributed by atoms with Crippen LogP contribution in [0.1, 0.15) is 47.3 Å². The molecule has 3 atom stereocenters. The van der Waals surface area contributed by atoms with E-state index >= 15 is 0 Å². The topological polar surface area (TPSA) is 89.4 Å². The van der Waals surface area contributed by atoms with E-state index in [2.05, 4.69) is 21.0 Å². The van der Waals surface area contributed by atoms with Gasteiger partial charge in [0.25, 0.3) is 5.91 Å². The van der Waals surface area contributed by atoms with Crippen LogP contribution in [0, 0.1) is 0 Å². The number of carbonyl (C=O) groups excluding carboxylic acids is 1. The molecule has 0 aliphatic carbocycles. The molecule has 11 heteroatoms. The molecule has 3 aromatic rings. The molecule has 2 aliphatic rings.